The Morgan fingerprint density at radius 2 is 2.06 bits per heavy atom. The fourth-order valence-electron chi connectivity index (χ4n) is 1.44. The summed E-state index contributed by atoms with van der Waals surface area (Å²) in [5.74, 6) is 1.75. The van der Waals surface area contributed by atoms with Gasteiger partial charge in [-0.2, -0.15) is 11.8 Å². The van der Waals surface area contributed by atoms with Gasteiger partial charge < -0.3 is 5.73 Å². The molecule has 0 fully saturated rings. The van der Waals surface area contributed by atoms with Crippen LogP contribution >= 0.6 is 11.8 Å². The molecule has 0 amide bonds. The van der Waals surface area contributed by atoms with E-state index >= 15 is 0 Å². The molecule has 0 bridgehead atoms. The number of hydrogen-bond acceptors (Lipinski definition) is 4. The van der Waals surface area contributed by atoms with Crippen LogP contribution in [0.25, 0.3) is 0 Å². The summed E-state index contributed by atoms with van der Waals surface area (Å²) in [6.45, 7) is 2.62. The second-order valence-electron chi connectivity index (χ2n) is 4.15. The van der Waals surface area contributed by atoms with Crippen molar-refractivity contribution in [1.82, 2.24) is 0 Å². The Bertz CT molecular complexity index is 469. The highest BCUT2D eigenvalue weighted by atomic mass is 32.2. The summed E-state index contributed by atoms with van der Waals surface area (Å²) < 4.78 is 21.9. The molecule has 0 unspecified atom stereocenters. The van der Waals surface area contributed by atoms with Crippen LogP contribution in [0.2, 0.25) is 0 Å². The van der Waals surface area contributed by atoms with E-state index in [-0.39, 0.29) is 5.75 Å². The minimum absolute atomic E-state index is 0.248. The fourth-order valence-corrected chi connectivity index (χ4v) is 3.81. The van der Waals surface area contributed by atoms with E-state index in [0.29, 0.717) is 12.3 Å². The van der Waals surface area contributed by atoms with Gasteiger partial charge in [0.05, 0.1) is 5.75 Å². The van der Waals surface area contributed by atoms with Crippen molar-refractivity contribution in [2.24, 2.45) is 5.73 Å². The normalized spacial score (nSPS) is 11.7. The highest BCUT2D eigenvalue weighted by Gasteiger charge is 2.03. The first-order chi connectivity index (χ1) is 7.92. The smallest absolute Gasteiger partial charge is 0.148 e. The second-order valence-corrected chi connectivity index (χ2v) is 7.51. The molecule has 1 aromatic carbocycles. The zero-order valence-corrected chi connectivity index (χ0v) is 11.9. The third-order valence-corrected chi connectivity index (χ3v) is 4.71. The van der Waals surface area contributed by atoms with Gasteiger partial charge in [-0.1, -0.05) is 18.2 Å². The van der Waals surface area contributed by atoms with Gasteiger partial charge in [0.1, 0.15) is 9.84 Å². The van der Waals surface area contributed by atoms with E-state index in [1.165, 1.54) is 17.4 Å². The Morgan fingerprint density at radius 1 is 1.35 bits per heavy atom. The molecule has 0 spiro atoms. The van der Waals surface area contributed by atoms with Crippen LogP contribution in [0.5, 0.6) is 0 Å². The van der Waals surface area contributed by atoms with Crippen molar-refractivity contribution in [2.75, 3.05) is 17.8 Å². The predicted molar refractivity (Wildman–Crippen MR) is 74.9 cm³/mol. The van der Waals surface area contributed by atoms with Gasteiger partial charge in [-0.15, -0.1) is 0 Å². The molecule has 17 heavy (non-hydrogen) atoms. The van der Waals surface area contributed by atoms with Gasteiger partial charge in [0.2, 0.25) is 0 Å². The number of benzene rings is 1. The van der Waals surface area contributed by atoms with Gasteiger partial charge >= 0.3 is 0 Å². The van der Waals surface area contributed by atoms with E-state index in [1.807, 2.05) is 6.07 Å². The molecule has 0 aliphatic heterocycles. The summed E-state index contributed by atoms with van der Waals surface area (Å²) in [5.41, 5.74) is 9.17. The second kappa shape index (κ2) is 6.42. The average Bonchev–Trinajstić information content (AvgIpc) is 2.24. The van der Waals surface area contributed by atoms with Gasteiger partial charge in [-0.05, 0) is 23.6 Å². The van der Waals surface area contributed by atoms with E-state index in [2.05, 4.69) is 19.1 Å². The Hall–Kier alpha value is -0.520. The van der Waals surface area contributed by atoms with Crippen LogP contribution in [-0.2, 0) is 22.1 Å². The SMILES string of the molecule is Cc1cc(CN)ccc1CSCCS(C)(=O)=O. The first-order valence-corrected chi connectivity index (χ1v) is 8.68. The van der Waals surface area contributed by atoms with Gasteiger partial charge in [-0.25, -0.2) is 8.42 Å². The zero-order chi connectivity index (χ0) is 12.9. The van der Waals surface area contributed by atoms with Gasteiger partial charge in [0, 0.05) is 24.3 Å². The van der Waals surface area contributed by atoms with Gasteiger partial charge in [-0.3, -0.25) is 0 Å². The number of rotatable bonds is 6. The lowest BCUT2D eigenvalue weighted by atomic mass is 10.1. The summed E-state index contributed by atoms with van der Waals surface area (Å²) in [6, 6.07) is 6.19. The maximum atomic E-state index is 11.0. The lowest BCUT2D eigenvalue weighted by Gasteiger charge is -2.07. The number of nitrogens with two attached hydrogens (primary N) is 1. The minimum atomic E-state index is -2.84. The molecule has 0 aromatic heterocycles. The molecular weight excluding hydrogens is 254 g/mol. The van der Waals surface area contributed by atoms with Crippen LogP contribution in [-0.4, -0.2) is 26.2 Å². The summed E-state index contributed by atoms with van der Waals surface area (Å²) >= 11 is 1.65. The van der Waals surface area contributed by atoms with Crippen molar-refractivity contribution in [1.29, 1.82) is 0 Å². The number of thioether (sulfide) groups is 1. The average molecular weight is 273 g/mol. The monoisotopic (exact) mass is 273 g/mol. The molecule has 0 heterocycles. The molecule has 0 atom stereocenters. The van der Waals surface area contributed by atoms with Crippen molar-refractivity contribution in [3.05, 3.63) is 34.9 Å². The molecule has 0 radical (unpaired) electrons. The number of aryl methyl sites for hydroxylation is 1. The molecule has 1 rings (SSSR count). The van der Waals surface area contributed by atoms with E-state index in [0.717, 1.165) is 11.3 Å². The first kappa shape index (κ1) is 14.5. The summed E-state index contributed by atoms with van der Waals surface area (Å²) in [4.78, 5) is 0. The van der Waals surface area contributed by atoms with Crippen molar-refractivity contribution in [3.63, 3.8) is 0 Å². The quantitative estimate of drug-likeness (QED) is 0.802. The Labute approximate surface area is 108 Å². The number of hydrogen-bond donors (Lipinski definition) is 1. The van der Waals surface area contributed by atoms with Crippen LogP contribution in [0.3, 0.4) is 0 Å². The fraction of sp³-hybridized carbons (Fsp3) is 0.500. The van der Waals surface area contributed by atoms with Gasteiger partial charge in [0.15, 0.2) is 0 Å². The van der Waals surface area contributed by atoms with E-state index in [4.69, 9.17) is 5.73 Å². The molecule has 96 valence electrons. The molecule has 0 saturated heterocycles. The topological polar surface area (TPSA) is 60.2 Å². The highest BCUT2D eigenvalue weighted by molar-refractivity contribution is 7.99. The predicted octanol–water partition coefficient (Wildman–Crippen LogP) is 1.73. The Morgan fingerprint density at radius 3 is 2.59 bits per heavy atom. The third kappa shape index (κ3) is 5.57. The molecule has 0 aliphatic carbocycles. The maximum absolute atomic E-state index is 11.0. The molecule has 3 nitrogen and oxygen atoms in total. The maximum Gasteiger partial charge on any atom is 0.148 e. The molecular formula is C12H19NO2S2. The van der Waals surface area contributed by atoms with Crippen LogP contribution in [0.4, 0.5) is 0 Å². The van der Waals surface area contributed by atoms with Crippen molar-refractivity contribution in [2.45, 2.75) is 19.2 Å². The van der Waals surface area contributed by atoms with Crippen LogP contribution in [0.15, 0.2) is 18.2 Å². The van der Waals surface area contributed by atoms with Gasteiger partial charge in [0.25, 0.3) is 0 Å². The van der Waals surface area contributed by atoms with Crippen molar-refractivity contribution in [3.8, 4) is 0 Å². The summed E-state index contributed by atoms with van der Waals surface area (Å²) in [7, 11) is -2.84. The van der Waals surface area contributed by atoms with Crippen LogP contribution in [0.1, 0.15) is 16.7 Å². The van der Waals surface area contributed by atoms with Crippen LogP contribution < -0.4 is 5.73 Å². The molecule has 0 saturated carbocycles. The standard InChI is InChI=1S/C12H19NO2S2/c1-10-7-11(8-13)3-4-12(10)9-16-5-6-17(2,14)15/h3-4,7H,5-6,8-9,13H2,1-2H3. The Balaban J connectivity index is 2.47. The van der Waals surface area contributed by atoms with Crippen molar-refractivity contribution >= 4 is 21.6 Å². The van der Waals surface area contributed by atoms with E-state index in [9.17, 15) is 8.42 Å². The van der Waals surface area contributed by atoms with Crippen LogP contribution in [0, 0.1) is 6.92 Å². The zero-order valence-electron chi connectivity index (χ0n) is 10.3. The number of sulfone groups is 1. The van der Waals surface area contributed by atoms with E-state index in [1.54, 1.807) is 11.8 Å². The largest absolute Gasteiger partial charge is 0.326 e. The molecule has 0 aliphatic rings. The minimum Gasteiger partial charge on any atom is -0.326 e. The van der Waals surface area contributed by atoms with E-state index < -0.39 is 9.84 Å². The Kier molecular flexibility index (Phi) is 5.49. The first-order valence-electron chi connectivity index (χ1n) is 5.46. The lowest BCUT2D eigenvalue weighted by Crippen LogP contribution is -2.05. The summed E-state index contributed by atoms with van der Waals surface area (Å²) in [6.07, 6.45) is 1.27. The molecule has 2 N–H and O–H groups in total. The molecule has 5 heteroatoms. The summed E-state index contributed by atoms with van der Waals surface area (Å²) in [5, 5.41) is 0. The highest BCUT2D eigenvalue weighted by Crippen LogP contribution is 2.17. The lowest BCUT2D eigenvalue weighted by molar-refractivity contribution is 0.603. The van der Waals surface area contributed by atoms with Crippen molar-refractivity contribution < 1.29 is 8.42 Å². The molecule has 1 aromatic rings. The third-order valence-electron chi connectivity index (χ3n) is 2.50.